The van der Waals surface area contributed by atoms with Gasteiger partial charge >= 0.3 is 0 Å². The van der Waals surface area contributed by atoms with Crippen LogP contribution in [0.2, 0.25) is 5.02 Å². The van der Waals surface area contributed by atoms with Gasteiger partial charge in [-0.15, -0.1) is 0 Å². The summed E-state index contributed by atoms with van der Waals surface area (Å²) >= 11 is 5.58. The Kier molecular flexibility index (Phi) is 6.15. The maximum absolute atomic E-state index is 13.7. The van der Waals surface area contributed by atoms with E-state index in [0.717, 1.165) is 6.07 Å². The highest BCUT2D eigenvalue weighted by Crippen LogP contribution is 2.27. The van der Waals surface area contributed by atoms with Gasteiger partial charge in [0.1, 0.15) is 10.7 Å². The van der Waals surface area contributed by atoms with E-state index < -0.39 is 47.1 Å². The van der Waals surface area contributed by atoms with Crippen LogP contribution in [0.3, 0.4) is 0 Å². The fourth-order valence-corrected chi connectivity index (χ4v) is 3.16. The topological polar surface area (TPSA) is 80.3 Å². The Balaban J connectivity index is 3.08. The minimum atomic E-state index is -4.21. The third kappa shape index (κ3) is 4.91. The van der Waals surface area contributed by atoms with Crippen molar-refractivity contribution in [3.8, 4) is 0 Å². The lowest BCUT2D eigenvalue weighted by molar-refractivity contribution is 0.0950. The molecule has 0 saturated carbocycles. The van der Waals surface area contributed by atoms with Gasteiger partial charge in [0.15, 0.2) is 0 Å². The number of amides is 1. The Hall–Kier alpha value is -0.700. The molecule has 0 aromatic heterocycles. The first kappa shape index (κ1) is 18.3. The molecule has 0 fully saturated rings. The lowest BCUT2D eigenvalue weighted by Crippen LogP contribution is -2.33. The molecule has 1 amide bonds. The first-order chi connectivity index (χ1) is 9.54. The van der Waals surface area contributed by atoms with Crippen molar-refractivity contribution in [3.05, 3.63) is 28.5 Å². The molecule has 0 aliphatic carbocycles. The van der Waals surface area contributed by atoms with E-state index in [1.807, 2.05) is 0 Å². The van der Waals surface area contributed by atoms with Crippen LogP contribution in [-0.2, 0) is 19.9 Å². The van der Waals surface area contributed by atoms with Crippen LogP contribution in [0, 0.1) is 5.82 Å². The van der Waals surface area contributed by atoms with Crippen LogP contribution in [0.25, 0.3) is 0 Å². The summed E-state index contributed by atoms with van der Waals surface area (Å²) in [5.74, 6) is -1.82. The van der Waals surface area contributed by atoms with Gasteiger partial charge in [-0.05, 0) is 19.1 Å². The van der Waals surface area contributed by atoms with E-state index in [0.29, 0.717) is 6.07 Å². The van der Waals surface area contributed by atoms with Crippen LogP contribution in [-0.4, -0.2) is 36.6 Å². The van der Waals surface area contributed by atoms with E-state index in [9.17, 15) is 21.8 Å². The van der Waals surface area contributed by atoms with Crippen molar-refractivity contribution in [2.45, 2.75) is 17.1 Å². The Bertz CT molecular complexity index is 694. The summed E-state index contributed by atoms with van der Waals surface area (Å²) in [5.41, 5.74) is -0.507. The average molecular weight is 376 g/mol. The Morgan fingerprint density at radius 1 is 1.48 bits per heavy atom. The van der Waals surface area contributed by atoms with E-state index in [-0.39, 0.29) is 11.8 Å². The van der Waals surface area contributed by atoms with Crippen LogP contribution >= 0.6 is 22.3 Å². The molecule has 21 heavy (non-hydrogen) atoms. The Labute approximate surface area is 133 Å². The monoisotopic (exact) mass is 375 g/mol. The summed E-state index contributed by atoms with van der Waals surface area (Å²) in [6.45, 7) is 1.69. The maximum atomic E-state index is 13.7. The quantitative estimate of drug-likeness (QED) is 0.796. The maximum Gasteiger partial charge on any atom is 0.262 e. The summed E-state index contributed by atoms with van der Waals surface area (Å²) in [7, 11) is -0.208. The van der Waals surface area contributed by atoms with Gasteiger partial charge in [0.25, 0.3) is 15.0 Å². The summed E-state index contributed by atoms with van der Waals surface area (Å²) in [6, 6.07) is 1.47. The molecule has 1 rings (SSSR count). The van der Waals surface area contributed by atoms with Crippen molar-refractivity contribution in [2.75, 3.05) is 12.8 Å². The predicted octanol–water partition coefficient (Wildman–Crippen LogP) is 1.90. The second-order valence-corrected chi connectivity index (χ2v) is 8.96. The minimum absolute atomic E-state index is 0.0486. The number of rotatable bonds is 5. The van der Waals surface area contributed by atoms with E-state index in [1.54, 1.807) is 6.92 Å². The van der Waals surface area contributed by atoms with Crippen molar-refractivity contribution in [2.24, 2.45) is 0 Å². The number of benzene rings is 1. The third-order valence-corrected chi connectivity index (χ3v) is 5.73. The summed E-state index contributed by atoms with van der Waals surface area (Å²) in [6.07, 6.45) is 1.47. The molecule has 0 radical (unpaired) electrons. The predicted molar refractivity (Wildman–Crippen MR) is 80.3 cm³/mol. The molecule has 118 valence electrons. The van der Waals surface area contributed by atoms with E-state index in [4.69, 9.17) is 22.3 Å². The van der Waals surface area contributed by atoms with Crippen LogP contribution in [0.15, 0.2) is 17.0 Å². The van der Waals surface area contributed by atoms with Gasteiger partial charge in [0, 0.05) is 39.5 Å². The lowest BCUT2D eigenvalue weighted by atomic mass is 10.2. The molecule has 5 nitrogen and oxygen atoms in total. The van der Waals surface area contributed by atoms with Gasteiger partial charge in [-0.25, -0.2) is 12.8 Å². The van der Waals surface area contributed by atoms with Crippen LogP contribution < -0.4 is 5.32 Å². The Morgan fingerprint density at radius 3 is 2.52 bits per heavy atom. The molecule has 10 heteroatoms. The molecule has 0 heterocycles. The number of hydrogen-bond donors (Lipinski definition) is 1. The summed E-state index contributed by atoms with van der Waals surface area (Å²) in [5, 5.41) is 1.62. The van der Waals surface area contributed by atoms with Gasteiger partial charge in [0.2, 0.25) is 0 Å². The second kappa shape index (κ2) is 7.04. The van der Waals surface area contributed by atoms with Crippen molar-refractivity contribution in [1.29, 1.82) is 0 Å². The second-order valence-electron chi connectivity index (χ2n) is 4.22. The molecule has 2 atom stereocenters. The molecule has 1 aromatic rings. The number of carbonyl (C=O) groups excluding carboxylic acids is 1. The van der Waals surface area contributed by atoms with Gasteiger partial charge in [-0.3, -0.25) is 9.00 Å². The largest absolute Gasteiger partial charge is 0.351 e. The highest BCUT2D eigenvalue weighted by atomic mass is 35.7. The van der Waals surface area contributed by atoms with Gasteiger partial charge < -0.3 is 5.32 Å². The van der Waals surface area contributed by atoms with Crippen molar-refractivity contribution in [3.63, 3.8) is 0 Å². The summed E-state index contributed by atoms with van der Waals surface area (Å²) < 4.78 is 47.4. The summed E-state index contributed by atoms with van der Waals surface area (Å²) in [4.78, 5) is 11.3. The van der Waals surface area contributed by atoms with E-state index in [2.05, 4.69) is 5.32 Å². The molecular weight excluding hydrogens is 364 g/mol. The molecule has 1 N–H and O–H groups in total. The zero-order valence-electron chi connectivity index (χ0n) is 11.0. The first-order valence-electron chi connectivity index (χ1n) is 5.58. The van der Waals surface area contributed by atoms with Gasteiger partial charge in [-0.1, -0.05) is 11.6 Å². The normalized spacial score (nSPS) is 14.5. The fourth-order valence-electron chi connectivity index (χ4n) is 1.34. The van der Waals surface area contributed by atoms with E-state index in [1.165, 1.54) is 6.26 Å². The van der Waals surface area contributed by atoms with Gasteiger partial charge in [0.05, 0.1) is 10.6 Å². The zero-order valence-corrected chi connectivity index (χ0v) is 14.2. The molecule has 1 aromatic carbocycles. The lowest BCUT2D eigenvalue weighted by Gasteiger charge is -2.11. The van der Waals surface area contributed by atoms with Crippen LogP contribution in [0.1, 0.15) is 17.3 Å². The number of hydrogen-bond acceptors (Lipinski definition) is 4. The Morgan fingerprint density at radius 2 is 2.05 bits per heavy atom. The van der Waals surface area contributed by atoms with Gasteiger partial charge in [-0.2, -0.15) is 0 Å². The van der Waals surface area contributed by atoms with Crippen molar-refractivity contribution >= 4 is 48.0 Å². The van der Waals surface area contributed by atoms with E-state index >= 15 is 0 Å². The molecule has 2 unspecified atom stereocenters. The van der Waals surface area contributed by atoms with Crippen molar-refractivity contribution in [1.82, 2.24) is 5.32 Å². The molecule has 0 aliphatic rings. The molecule has 0 spiro atoms. The van der Waals surface area contributed by atoms with Crippen LogP contribution in [0.4, 0.5) is 4.39 Å². The standard InChI is InChI=1S/C11H12Cl2FNO4S2/c1-6(20(2)17)5-15-11(16)7-3-10(21(13,18)19)8(12)4-9(7)14/h3-4,6H,5H2,1-2H3,(H,15,16). The number of halogens is 3. The number of carbonyl (C=O) groups is 1. The SMILES string of the molecule is CC(CNC(=O)c1cc(S(=O)(=O)Cl)c(Cl)cc1F)S(C)=O. The van der Waals surface area contributed by atoms with Crippen molar-refractivity contribution < 1.29 is 21.8 Å². The number of nitrogens with one attached hydrogen (secondary N) is 1. The zero-order chi connectivity index (χ0) is 16.4. The molecule has 0 bridgehead atoms. The highest BCUT2D eigenvalue weighted by molar-refractivity contribution is 8.13. The minimum Gasteiger partial charge on any atom is -0.351 e. The highest BCUT2D eigenvalue weighted by Gasteiger charge is 2.22. The third-order valence-electron chi connectivity index (χ3n) is 2.65. The average Bonchev–Trinajstić information content (AvgIpc) is 2.33. The van der Waals surface area contributed by atoms with Crippen LogP contribution in [0.5, 0.6) is 0 Å². The smallest absolute Gasteiger partial charge is 0.262 e. The fraction of sp³-hybridized carbons (Fsp3) is 0.364. The molecular formula is C11H12Cl2FNO4S2. The molecule has 0 saturated heterocycles. The molecule has 0 aliphatic heterocycles. The first-order valence-corrected chi connectivity index (χ1v) is 9.89.